The molecule has 2 heterocycles. The van der Waals surface area contributed by atoms with Crippen LogP contribution in [0.25, 0.3) is 0 Å². The minimum absolute atomic E-state index is 0.221. The van der Waals surface area contributed by atoms with Crippen molar-refractivity contribution in [3.05, 3.63) is 18.1 Å². The number of ketones is 1. The number of nitriles is 1. The average molecular weight is 202 g/mol. The highest BCUT2D eigenvalue weighted by molar-refractivity contribution is 5.84. The number of anilines is 1. The van der Waals surface area contributed by atoms with Gasteiger partial charge in [-0.05, 0) is 6.42 Å². The fourth-order valence-electron chi connectivity index (χ4n) is 1.61. The van der Waals surface area contributed by atoms with Gasteiger partial charge in [0.2, 0.25) is 0 Å². The summed E-state index contributed by atoms with van der Waals surface area (Å²) in [6, 6.07) is 3.56. The van der Waals surface area contributed by atoms with Gasteiger partial charge in [0.05, 0.1) is 6.54 Å². The molecule has 2 rings (SSSR count). The minimum atomic E-state index is 0.221. The fourth-order valence-corrected chi connectivity index (χ4v) is 1.61. The van der Waals surface area contributed by atoms with Crippen LogP contribution >= 0.6 is 0 Å². The number of hydrogen-bond acceptors (Lipinski definition) is 5. The van der Waals surface area contributed by atoms with Crippen molar-refractivity contribution in [3.8, 4) is 6.07 Å². The third-order valence-corrected chi connectivity index (χ3v) is 2.34. The summed E-state index contributed by atoms with van der Waals surface area (Å²) in [5.41, 5.74) is 0.332. The van der Waals surface area contributed by atoms with Crippen molar-refractivity contribution < 1.29 is 4.79 Å². The van der Waals surface area contributed by atoms with Crippen LogP contribution in [-0.4, -0.2) is 28.8 Å². The fraction of sp³-hybridized carbons (Fsp3) is 0.400. The third kappa shape index (κ3) is 2.10. The zero-order valence-electron chi connectivity index (χ0n) is 8.18. The van der Waals surface area contributed by atoms with Crippen LogP contribution in [0, 0.1) is 11.3 Å². The molecular formula is C10H10N4O. The topological polar surface area (TPSA) is 69.9 Å². The predicted octanol–water partition coefficient (Wildman–Crippen LogP) is 0.518. The summed E-state index contributed by atoms with van der Waals surface area (Å²) < 4.78 is 0. The second kappa shape index (κ2) is 4.05. The van der Waals surface area contributed by atoms with Gasteiger partial charge in [-0.25, -0.2) is 9.97 Å². The van der Waals surface area contributed by atoms with Gasteiger partial charge in [-0.3, -0.25) is 4.79 Å². The number of rotatable bonds is 1. The Bertz CT molecular complexity index is 424. The summed E-state index contributed by atoms with van der Waals surface area (Å²) in [5.74, 6) is 0.882. The Morgan fingerprint density at radius 2 is 2.33 bits per heavy atom. The molecule has 76 valence electrons. The van der Waals surface area contributed by atoms with Gasteiger partial charge in [0, 0.05) is 19.0 Å². The van der Waals surface area contributed by atoms with Crippen molar-refractivity contribution in [3.63, 3.8) is 0 Å². The van der Waals surface area contributed by atoms with Gasteiger partial charge in [0.15, 0.2) is 5.78 Å². The molecule has 1 aliphatic heterocycles. The van der Waals surface area contributed by atoms with Crippen LogP contribution in [0.3, 0.4) is 0 Å². The number of Topliss-reactive ketones (excluding diaryl/α,β-unsaturated/α-hetero) is 1. The Balaban J connectivity index is 2.21. The first-order chi connectivity index (χ1) is 7.29. The smallest absolute Gasteiger partial charge is 0.152 e. The van der Waals surface area contributed by atoms with E-state index in [9.17, 15) is 4.79 Å². The Morgan fingerprint density at radius 3 is 3.07 bits per heavy atom. The van der Waals surface area contributed by atoms with Gasteiger partial charge in [-0.2, -0.15) is 5.26 Å². The van der Waals surface area contributed by atoms with E-state index in [-0.39, 0.29) is 5.78 Å². The number of piperidine rings is 1. The standard InChI is InChI=1S/C10H10N4O/c11-5-8-4-10(13-7-12-8)14-3-1-2-9(15)6-14/h4,7H,1-3,6H2. The Morgan fingerprint density at radius 1 is 1.47 bits per heavy atom. The molecule has 1 aliphatic rings. The molecular weight excluding hydrogens is 192 g/mol. The molecule has 0 radical (unpaired) electrons. The van der Waals surface area contributed by atoms with E-state index in [4.69, 9.17) is 5.26 Å². The maximum absolute atomic E-state index is 11.3. The average Bonchev–Trinajstić information content (AvgIpc) is 2.29. The molecule has 0 aliphatic carbocycles. The van der Waals surface area contributed by atoms with E-state index < -0.39 is 0 Å². The Hall–Kier alpha value is -1.96. The van der Waals surface area contributed by atoms with E-state index in [0.717, 1.165) is 13.0 Å². The lowest BCUT2D eigenvalue weighted by atomic mass is 10.1. The highest BCUT2D eigenvalue weighted by atomic mass is 16.1. The summed E-state index contributed by atoms with van der Waals surface area (Å²) >= 11 is 0. The van der Waals surface area contributed by atoms with Gasteiger partial charge in [0.1, 0.15) is 23.9 Å². The summed E-state index contributed by atoms with van der Waals surface area (Å²) in [5, 5.41) is 8.69. The molecule has 0 saturated carbocycles. The number of aromatic nitrogens is 2. The molecule has 1 aromatic heterocycles. The second-order valence-electron chi connectivity index (χ2n) is 3.44. The SMILES string of the molecule is N#Cc1cc(N2CCCC(=O)C2)ncn1. The van der Waals surface area contributed by atoms with Crippen LogP contribution in [-0.2, 0) is 4.79 Å². The summed E-state index contributed by atoms with van der Waals surface area (Å²) in [7, 11) is 0. The molecule has 0 unspecified atom stereocenters. The Labute approximate surface area is 87.4 Å². The van der Waals surface area contributed by atoms with Crippen molar-refractivity contribution in [1.82, 2.24) is 9.97 Å². The molecule has 1 saturated heterocycles. The molecule has 0 amide bonds. The molecule has 0 aromatic carbocycles. The Kier molecular flexibility index (Phi) is 2.59. The summed E-state index contributed by atoms with van der Waals surface area (Å²) in [6.07, 6.45) is 2.85. The molecule has 0 spiro atoms. The van der Waals surface area contributed by atoms with Crippen LogP contribution < -0.4 is 4.90 Å². The van der Waals surface area contributed by atoms with Gasteiger partial charge in [-0.1, -0.05) is 0 Å². The number of carbonyl (C=O) groups excluding carboxylic acids is 1. The quantitative estimate of drug-likeness (QED) is 0.663. The molecule has 1 aromatic rings. The van der Waals surface area contributed by atoms with E-state index in [2.05, 4.69) is 9.97 Å². The van der Waals surface area contributed by atoms with E-state index in [1.165, 1.54) is 6.33 Å². The number of nitrogens with zero attached hydrogens (tertiary/aromatic N) is 4. The highest BCUT2D eigenvalue weighted by Gasteiger charge is 2.18. The van der Waals surface area contributed by atoms with E-state index in [1.807, 2.05) is 11.0 Å². The van der Waals surface area contributed by atoms with Crippen molar-refractivity contribution >= 4 is 11.6 Å². The molecule has 0 atom stereocenters. The molecule has 5 heteroatoms. The van der Waals surface area contributed by atoms with Crippen LogP contribution in [0.15, 0.2) is 12.4 Å². The zero-order valence-corrected chi connectivity index (χ0v) is 8.18. The lowest BCUT2D eigenvalue weighted by Gasteiger charge is -2.26. The van der Waals surface area contributed by atoms with Gasteiger partial charge < -0.3 is 4.90 Å². The lowest BCUT2D eigenvalue weighted by Crippen LogP contribution is -2.36. The summed E-state index contributed by atoms with van der Waals surface area (Å²) in [6.45, 7) is 1.20. The molecule has 1 fully saturated rings. The molecule has 5 nitrogen and oxygen atoms in total. The van der Waals surface area contributed by atoms with Crippen LogP contribution in [0.2, 0.25) is 0 Å². The van der Waals surface area contributed by atoms with Crippen LogP contribution in [0.1, 0.15) is 18.5 Å². The first-order valence-electron chi connectivity index (χ1n) is 4.78. The maximum atomic E-state index is 11.3. The molecule has 0 N–H and O–H groups in total. The van der Waals surface area contributed by atoms with E-state index in [1.54, 1.807) is 6.07 Å². The van der Waals surface area contributed by atoms with E-state index in [0.29, 0.717) is 24.5 Å². The van der Waals surface area contributed by atoms with Crippen molar-refractivity contribution in [2.24, 2.45) is 0 Å². The van der Waals surface area contributed by atoms with Gasteiger partial charge >= 0.3 is 0 Å². The lowest BCUT2D eigenvalue weighted by molar-refractivity contribution is -0.118. The largest absolute Gasteiger partial charge is 0.349 e. The van der Waals surface area contributed by atoms with Crippen LogP contribution in [0.4, 0.5) is 5.82 Å². The first-order valence-corrected chi connectivity index (χ1v) is 4.78. The minimum Gasteiger partial charge on any atom is -0.349 e. The normalized spacial score (nSPS) is 16.2. The predicted molar refractivity (Wildman–Crippen MR) is 53.2 cm³/mol. The molecule has 15 heavy (non-hydrogen) atoms. The first kappa shape index (κ1) is 9.59. The van der Waals surface area contributed by atoms with Gasteiger partial charge in [-0.15, -0.1) is 0 Å². The number of carbonyl (C=O) groups is 1. The highest BCUT2D eigenvalue weighted by Crippen LogP contribution is 2.15. The molecule has 0 bridgehead atoms. The van der Waals surface area contributed by atoms with Crippen molar-refractivity contribution in [2.75, 3.05) is 18.0 Å². The van der Waals surface area contributed by atoms with Crippen molar-refractivity contribution in [2.45, 2.75) is 12.8 Å². The van der Waals surface area contributed by atoms with Crippen LogP contribution in [0.5, 0.6) is 0 Å². The van der Waals surface area contributed by atoms with Crippen molar-refractivity contribution in [1.29, 1.82) is 5.26 Å². The summed E-state index contributed by atoms with van der Waals surface area (Å²) in [4.78, 5) is 21.0. The number of hydrogen-bond donors (Lipinski definition) is 0. The maximum Gasteiger partial charge on any atom is 0.152 e. The van der Waals surface area contributed by atoms with E-state index >= 15 is 0 Å². The third-order valence-electron chi connectivity index (χ3n) is 2.34. The monoisotopic (exact) mass is 202 g/mol. The second-order valence-corrected chi connectivity index (χ2v) is 3.44. The zero-order chi connectivity index (χ0) is 10.7. The van der Waals surface area contributed by atoms with Gasteiger partial charge in [0.25, 0.3) is 0 Å².